The second-order valence-corrected chi connectivity index (χ2v) is 5.77. The molecule has 0 aromatic carbocycles. The molecule has 0 aliphatic heterocycles. The number of rotatable bonds is 5. The molecule has 0 bridgehead atoms. The first kappa shape index (κ1) is 12.7. The van der Waals surface area contributed by atoms with Crippen LogP contribution in [0.1, 0.15) is 35.6 Å². The summed E-state index contributed by atoms with van der Waals surface area (Å²) in [4.78, 5) is 2.76. The molecule has 1 heterocycles. The summed E-state index contributed by atoms with van der Waals surface area (Å²) in [6.45, 7) is 9.15. The van der Waals surface area contributed by atoms with E-state index in [0.29, 0.717) is 6.04 Å². The number of hydrogen-bond donors (Lipinski definition) is 2. The van der Waals surface area contributed by atoms with E-state index in [4.69, 9.17) is 0 Å². The van der Waals surface area contributed by atoms with Gasteiger partial charge in [0.25, 0.3) is 0 Å². The molecule has 0 amide bonds. The Kier molecular flexibility index (Phi) is 4.77. The Bertz CT molecular complexity index is 307. The van der Waals surface area contributed by atoms with Gasteiger partial charge in [-0.1, -0.05) is 0 Å². The van der Waals surface area contributed by atoms with Crippen LogP contribution in [0.4, 0.5) is 0 Å². The SMILES string of the molecule is Cc1cc(CNC(C)CC(C)O)c(C)s1. The monoisotopic (exact) mass is 227 g/mol. The number of thiophene rings is 1. The van der Waals surface area contributed by atoms with Gasteiger partial charge in [-0.15, -0.1) is 11.3 Å². The highest BCUT2D eigenvalue weighted by Gasteiger charge is 2.07. The van der Waals surface area contributed by atoms with E-state index in [1.807, 2.05) is 18.3 Å². The average Bonchev–Trinajstić information content (AvgIpc) is 2.40. The third-order valence-corrected chi connectivity index (χ3v) is 3.49. The van der Waals surface area contributed by atoms with Crippen molar-refractivity contribution in [2.45, 2.75) is 52.8 Å². The van der Waals surface area contributed by atoms with Crippen molar-refractivity contribution < 1.29 is 5.11 Å². The van der Waals surface area contributed by atoms with Gasteiger partial charge < -0.3 is 10.4 Å². The van der Waals surface area contributed by atoms with Crippen molar-refractivity contribution in [3.63, 3.8) is 0 Å². The first-order valence-corrected chi connectivity index (χ1v) is 6.28. The van der Waals surface area contributed by atoms with Gasteiger partial charge in [0, 0.05) is 22.3 Å². The molecule has 0 radical (unpaired) electrons. The lowest BCUT2D eigenvalue weighted by atomic mass is 10.1. The van der Waals surface area contributed by atoms with E-state index in [2.05, 4.69) is 32.2 Å². The van der Waals surface area contributed by atoms with Gasteiger partial charge in [0.05, 0.1) is 6.10 Å². The Morgan fingerprint density at radius 2 is 2.07 bits per heavy atom. The lowest BCUT2D eigenvalue weighted by Crippen LogP contribution is -2.28. The number of nitrogens with one attached hydrogen (secondary N) is 1. The molecule has 1 aromatic rings. The van der Waals surface area contributed by atoms with Crippen molar-refractivity contribution in [3.8, 4) is 0 Å². The predicted octanol–water partition coefficient (Wildman–Crippen LogP) is 2.61. The van der Waals surface area contributed by atoms with Gasteiger partial charge in [-0.3, -0.25) is 0 Å². The molecular weight excluding hydrogens is 206 g/mol. The maximum absolute atomic E-state index is 9.24. The fourth-order valence-corrected chi connectivity index (χ4v) is 2.68. The minimum atomic E-state index is -0.224. The van der Waals surface area contributed by atoms with E-state index < -0.39 is 0 Å². The van der Waals surface area contributed by atoms with Crippen LogP contribution in [0, 0.1) is 13.8 Å². The number of aliphatic hydroxyl groups excluding tert-OH is 1. The van der Waals surface area contributed by atoms with Crippen LogP contribution < -0.4 is 5.32 Å². The van der Waals surface area contributed by atoms with E-state index in [1.165, 1.54) is 15.3 Å². The van der Waals surface area contributed by atoms with Crippen molar-refractivity contribution in [2.24, 2.45) is 0 Å². The highest BCUT2D eigenvalue weighted by atomic mass is 32.1. The molecule has 15 heavy (non-hydrogen) atoms. The first-order chi connectivity index (χ1) is 6.99. The van der Waals surface area contributed by atoms with Crippen LogP contribution >= 0.6 is 11.3 Å². The molecule has 3 heteroatoms. The second-order valence-electron chi connectivity index (χ2n) is 4.31. The minimum Gasteiger partial charge on any atom is -0.393 e. The maximum atomic E-state index is 9.24. The molecule has 2 atom stereocenters. The predicted molar refractivity (Wildman–Crippen MR) is 66.4 cm³/mol. The molecule has 1 rings (SSSR count). The summed E-state index contributed by atoms with van der Waals surface area (Å²) in [6, 6.07) is 2.60. The summed E-state index contributed by atoms with van der Waals surface area (Å²) in [5, 5.41) is 12.7. The highest BCUT2D eigenvalue weighted by molar-refractivity contribution is 7.12. The maximum Gasteiger partial charge on any atom is 0.0526 e. The molecule has 0 saturated carbocycles. The summed E-state index contributed by atoms with van der Waals surface area (Å²) < 4.78 is 0. The minimum absolute atomic E-state index is 0.224. The van der Waals surface area contributed by atoms with Gasteiger partial charge in [0.15, 0.2) is 0 Å². The molecule has 0 spiro atoms. The zero-order valence-electron chi connectivity index (χ0n) is 10.0. The summed E-state index contributed by atoms with van der Waals surface area (Å²) in [5.41, 5.74) is 1.38. The van der Waals surface area contributed by atoms with Crippen LogP contribution in [-0.4, -0.2) is 17.3 Å². The van der Waals surface area contributed by atoms with Crippen LogP contribution in [0.25, 0.3) is 0 Å². The highest BCUT2D eigenvalue weighted by Crippen LogP contribution is 2.20. The molecule has 0 aliphatic rings. The molecule has 0 aliphatic carbocycles. The van der Waals surface area contributed by atoms with Crippen LogP contribution in [0.5, 0.6) is 0 Å². The quantitative estimate of drug-likeness (QED) is 0.810. The Morgan fingerprint density at radius 1 is 1.40 bits per heavy atom. The molecule has 86 valence electrons. The van der Waals surface area contributed by atoms with Gasteiger partial charge in [-0.05, 0) is 45.7 Å². The Hall–Kier alpha value is -0.380. The summed E-state index contributed by atoms with van der Waals surface area (Å²) in [7, 11) is 0. The molecule has 0 fully saturated rings. The van der Waals surface area contributed by atoms with Gasteiger partial charge in [-0.25, -0.2) is 0 Å². The zero-order valence-corrected chi connectivity index (χ0v) is 10.8. The van der Waals surface area contributed by atoms with E-state index in [9.17, 15) is 5.11 Å². The molecule has 1 aromatic heterocycles. The third kappa shape index (κ3) is 4.33. The molecule has 2 N–H and O–H groups in total. The van der Waals surface area contributed by atoms with Crippen molar-refractivity contribution >= 4 is 11.3 Å². The Balaban J connectivity index is 2.40. The Morgan fingerprint density at radius 3 is 2.53 bits per heavy atom. The number of aryl methyl sites for hydroxylation is 2. The van der Waals surface area contributed by atoms with Crippen molar-refractivity contribution in [3.05, 3.63) is 21.4 Å². The fourth-order valence-electron chi connectivity index (χ4n) is 1.74. The Labute approximate surface area is 96.3 Å². The zero-order chi connectivity index (χ0) is 11.4. The van der Waals surface area contributed by atoms with Gasteiger partial charge in [0.1, 0.15) is 0 Å². The topological polar surface area (TPSA) is 32.3 Å². The lowest BCUT2D eigenvalue weighted by Gasteiger charge is -2.15. The van der Waals surface area contributed by atoms with Crippen molar-refractivity contribution in [1.82, 2.24) is 5.32 Å². The van der Waals surface area contributed by atoms with E-state index in [-0.39, 0.29) is 6.10 Å². The van der Waals surface area contributed by atoms with Gasteiger partial charge >= 0.3 is 0 Å². The second kappa shape index (κ2) is 5.64. The average molecular weight is 227 g/mol. The van der Waals surface area contributed by atoms with E-state index in [0.717, 1.165) is 13.0 Å². The van der Waals surface area contributed by atoms with E-state index in [1.54, 1.807) is 0 Å². The fraction of sp³-hybridized carbons (Fsp3) is 0.667. The number of hydrogen-bond acceptors (Lipinski definition) is 3. The van der Waals surface area contributed by atoms with Gasteiger partial charge in [-0.2, -0.15) is 0 Å². The molecule has 2 nitrogen and oxygen atoms in total. The smallest absolute Gasteiger partial charge is 0.0526 e. The number of aliphatic hydroxyl groups is 1. The molecule has 2 unspecified atom stereocenters. The van der Waals surface area contributed by atoms with Gasteiger partial charge in [0.2, 0.25) is 0 Å². The summed E-state index contributed by atoms with van der Waals surface area (Å²) in [5.74, 6) is 0. The standard InChI is InChI=1S/C12H21NOS/c1-8(5-9(2)14)13-7-12-6-10(3)15-11(12)4/h6,8-9,13-14H,5,7H2,1-4H3. The first-order valence-electron chi connectivity index (χ1n) is 5.46. The van der Waals surface area contributed by atoms with Crippen molar-refractivity contribution in [2.75, 3.05) is 0 Å². The van der Waals surface area contributed by atoms with E-state index >= 15 is 0 Å². The van der Waals surface area contributed by atoms with Crippen LogP contribution in [-0.2, 0) is 6.54 Å². The van der Waals surface area contributed by atoms with Crippen molar-refractivity contribution in [1.29, 1.82) is 0 Å². The summed E-state index contributed by atoms with van der Waals surface area (Å²) in [6.07, 6.45) is 0.583. The normalized spacial score (nSPS) is 15.3. The largest absolute Gasteiger partial charge is 0.393 e. The lowest BCUT2D eigenvalue weighted by molar-refractivity contribution is 0.170. The molecule has 0 saturated heterocycles. The van der Waals surface area contributed by atoms with Crippen LogP contribution in [0.2, 0.25) is 0 Å². The van der Waals surface area contributed by atoms with Crippen LogP contribution in [0.3, 0.4) is 0 Å². The third-order valence-electron chi connectivity index (χ3n) is 2.48. The molecular formula is C12H21NOS. The summed E-state index contributed by atoms with van der Waals surface area (Å²) >= 11 is 1.85. The van der Waals surface area contributed by atoms with Crippen LogP contribution in [0.15, 0.2) is 6.07 Å².